The number of hydrogen-bond donors (Lipinski definition) is 1. The van der Waals surface area contributed by atoms with Gasteiger partial charge in [-0.1, -0.05) is 24.3 Å². The Balaban J connectivity index is 2.32. The molecule has 0 atom stereocenters. The van der Waals surface area contributed by atoms with E-state index in [2.05, 4.69) is 4.98 Å². The number of ether oxygens (including phenoxy) is 1. The largest absolute Gasteiger partial charge is 0.493 e. The normalized spacial score (nSPS) is 11.7. The van der Waals surface area contributed by atoms with Gasteiger partial charge in [0.15, 0.2) is 6.29 Å². The molecule has 0 aliphatic rings. The number of alkyl halides is 3. The number of H-pyrrole nitrogens is 1. The summed E-state index contributed by atoms with van der Waals surface area (Å²) in [6.07, 6.45) is -3.95. The Labute approximate surface area is 136 Å². The van der Waals surface area contributed by atoms with Crippen molar-refractivity contribution in [2.75, 3.05) is 6.61 Å². The van der Waals surface area contributed by atoms with E-state index in [1.54, 1.807) is 24.3 Å². The molecule has 3 nitrogen and oxygen atoms in total. The second kappa shape index (κ2) is 6.03. The number of benzene rings is 2. The maximum absolute atomic E-state index is 13.2. The van der Waals surface area contributed by atoms with Crippen molar-refractivity contribution in [3.05, 3.63) is 53.6 Å². The molecule has 0 saturated heterocycles. The lowest BCUT2D eigenvalue weighted by atomic mass is 10.0. The lowest BCUT2D eigenvalue weighted by molar-refractivity contribution is -0.136. The zero-order valence-corrected chi connectivity index (χ0v) is 12.8. The number of aldehydes is 1. The van der Waals surface area contributed by atoms with Crippen molar-refractivity contribution in [2.45, 2.75) is 13.1 Å². The standard InChI is InChI=1S/C18H14F3NO2/c1-2-24-15-9-4-3-6-12(15)16-13(10-23)11-7-5-8-14(17(11)22-16)18(19,20)21/h3-10,22H,2H2,1H3. The van der Waals surface area contributed by atoms with Gasteiger partial charge in [-0.15, -0.1) is 0 Å². The summed E-state index contributed by atoms with van der Waals surface area (Å²) in [6.45, 7) is 2.21. The van der Waals surface area contributed by atoms with Crippen LogP contribution in [0.2, 0.25) is 0 Å². The lowest BCUT2D eigenvalue weighted by Crippen LogP contribution is -2.05. The highest BCUT2D eigenvalue weighted by atomic mass is 19.4. The molecule has 3 rings (SSSR count). The lowest BCUT2D eigenvalue weighted by Gasteiger charge is -2.09. The van der Waals surface area contributed by atoms with Crippen LogP contribution in [0, 0.1) is 0 Å². The number of carbonyl (C=O) groups excluding carboxylic acids is 1. The van der Waals surface area contributed by atoms with E-state index in [1.807, 2.05) is 6.92 Å². The van der Waals surface area contributed by atoms with Gasteiger partial charge in [0.25, 0.3) is 0 Å². The maximum Gasteiger partial charge on any atom is 0.418 e. The number of aromatic amines is 1. The molecule has 1 N–H and O–H groups in total. The molecule has 2 aromatic carbocycles. The summed E-state index contributed by atoms with van der Waals surface area (Å²) < 4.78 is 45.2. The van der Waals surface area contributed by atoms with Crippen LogP contribution >= 0.6 is 0 Å². The van der Waals surface area contributed by atoms with Crippen molar-refractivity contribution in [1.29, 1.82) is 0 Å². The summed E-state index contributed by atoms with van der Waals surface area (Å²) in [4.78, 5) is 14.3. The van der Waals surface area contributed by atoms with Gasteiger partial charge in [0.2, 0.25) is 0 Å². The third kappa shape index (κ3) is 2.64. The number of aromatic nitrogens is 1. The predicted molar refractivity (Wildman–Crippen MR) is 85.3 cm³/mol. The van der Waals surface area contributed by atoms with Crippen LogP contribution in [-0.2, 0) is 6.18 Å². The molecule has 0 saturated carbocycles. The van der Waals surface area contributed by atoms with Crippen LogP contribution in [0.4, 0.5) is 13.2 Å². The van der Waals surface area contributed by atoms with Crippen LogP contribution in [0.3, 0.4) is 0 Å². The number of para-hydroxylation sites is 2. The number of halogens is 3. The van der Waals surface area contributed by atoms with Gasteiger partial charge in [0.05, 0.1) is 23.4 Å². The number of fused-ring (bicyclic) bond motifs is 1. The van der Waals surface area contributed by atoms with Crippen LogP contribution in [0.1, 0.15) is 22.8 Å². The van der Waals surface area contributed by atoms with Crippen LogP contribution in [0.25, 0.3) is 22.2 Å². The average molecular weight is 333 g/mol. The molecule has 0 radical (unpaired) electrons. The average Bonchev–Trinajstić information content (AvgIpc) is 2.92. The first-order chi connectivity index (χ1) is 11.5. The molecule has 0 spiro atoms. The van der Waals surface area contributed by atoms with Gasteiger partial charge in [-0.3, -0.25) is 4.79 Å². The monoisotopic (exact) mass is 333 g/mol. The Morgan fingerprint density at radius 1 is 1.12 bits per heavy atom. The summed E-state index contributed by atoms with van der Waals surface area (Å²) in [5, 5.41) is 0.237. The molecule has 0 fully saturated rings. The fourth-order valence-electron chi connectivity index (χ4n) is 2.76. The van der Waals surface area contributed by atoms with E-state index in [0.717, 1.165) is 6.07 Å². The third-order valence-corrected chi connectivity index (χ3v) is 3.75. The molecule has 3 aromatic rings. The predicted octanol–water partition coefficient (Wildman–Crippen LogP) is 5.06. The molecule has 0 aliphatic heterocycles. The van der Waals surface area contributed by atoms with Gasteiger partial charge in [-0.2, -0.15) is 13.2 Å². The summed E-state index contributed by atoms with van der Waals surface area (Å²) in [7, 11) is 0. The van der Waals surface area contributed by atoms with Crippen molar-refractivity contribution in [1.82, 2.24) is 4.98 Å². The van der Waals surface area contributed by atoms with E-state index in [4.69, 9.17) is 4.74 Å². The molecule has 24 heavy (non-hydrogen) atoms. The molecule has 1 aromatic heterocycles. The van der Waals surface area contributed by atoms with Gasteiger partial charge in [0.1, 0.15) is 5.75 Å². The van der Waals surface area contributed by atoms with Crippen molar-refractivity contribution in [3.63, 3.8) is 0 Å². The highest BCUT2D eigenvalue weighted by Gasteiger charge is 2.34. The first kappa shape index (κ1) is 16.1. The molecular weight excluding hydrogens is 319 g/mol. The summed E-state index contributed by atoms with van der Waals surface area (Å²) in [5.74, 6) is 0.503. The Morgan fingerprint density at radius 2 is 1.88 bits per heavy atom. The summed E-state index contributed by atoms with van der Waals surface area (Å²) in [6, 6.07) is 10.7. The zero-order chi connectivity index (χ0) is 17.3. The van der Waals surface area contributed by atoms with Crippen molar-refractivity contribution in [3.8, 4) is 17.0 Å². The molecule has 124 valence electrons. The van der Waals surface area contributed by atoms with Gasteiger partial charge < -0.3 is 9.72 Å². The molecule has 0 amide bonds. The number of carbonyl (C=O) groups is 1. The van der Waals surface area contributed by atoms with Gasteiger partial charge in [0, 0.05) is 16.5 Å². The number of nitrogens with one attached hydrogen (secondary N) is 1. The summed E-state index contributed by atoms with van der Waals surface area (Å²) >= 11 is 0. The van der Waals surface area contributed by atoms with E-state index in [1.165, 1.54) is 12.1 Å². The minimum Gasteiger partial charge on any atom is -0.493 e. The molecule has 1 heterocycles. The molecule has 0 aliphatic carbocycles. The Morgan fingerprint density at radius 3 is 2.54 bits per heavy atom. The first-order valence-electron chi connectivity index (χ1n) is 7.36. The van der Waals surface area contributed by atoms with Gasteiger partial charge in [-0.25, -0.2) is 0 Å². The fraction of sp³-hybridized carbons (Fsp3) is 0.167. The molecule has 0 unspecified atom stereocenters. The molecule has 0 bridgehead atoms. The zero-order valence-electron chi connectivity index (χ0n) is 12.8. The SMILES string of the molecule is CCOc1ccccc1-c1[nH]c2c(C(F)(F)F)cccc2c1C=O. The van der Waals surface area contributed by atoms with Crippen molar-refractivity contribution in [2.24, 2.45) is 0 Å². The maximum atomic E-state index is 13.2. The van der Waals surface area contributed by atoms with E-state index in [9.17, 15) is 18.0 Å². The van der Waals surface area contributed by atoms with E-state index in [-0.39, 0.29) is 16.5 Å². The van der Waals surface area contributed by atoms with E-state index < -0.39 is 11.7 Å². The van der Waals surface area contributed by atoms with Crippen LogP contribution in [-0.4, -0.2) is 17.9 Å². The quantitative estimate of drug-likeness (QED) is 0.678. The Hall–Kier alpha value is -2.76. The van der Waals surface area contributed by atoms with E-state index >= 15 is 0 Å². The number of rotatable bonds is 4. The van der Waals surface area contributed by atoms with Gasteiger partial charge in [-0.05, 0) is 25.1 Å². The minimum atomic E-state index is -4.51. The van der Waals surface area contributed by atoms with Crippen molar-refractivity contribution >= 4 is 17.2 Å². The molecule has 6 heteroatoms. The van der Waals surface area contributed by atoms with Crippen LogP contribution in [0.15, 0.2) is 42.5 Å². The third-order valence-electron chi connectivity index (χ3n) is 3.75. The molecular formula is C18H14F3NO2. The Kier molecular flexibility index (Phi) is 4.05. The second-order valence-electron chi connectivity index (χ2n) is 5.19. The minimum absolute atomic E-state index is 0.103. The van der Waals surface area contributed by atoms with Crippen molar-refractivity contribution < 1.29 is 22.7 Å². The number of hydrogen-bond acceptors (Lipinski definition) is 2. The Bertz CT molecular complexity index is 897. The van der Waals surface area contributed by atoms with Crippen LogP contribution < -0.4 is 4.74 Å². The fourth-order valence-corrected chi connectivity index (χ4v) is 2.76. The highest BCUT2D eigenvalue weighted by Crippen LogP contribution is 2.40. The second-order valence-corrected chi connectivity index (χ2v) is 5.19. The van der Waals surface area contributed by atoms with E-state index in [0.29, 0.717) is 29.9 Å². The summed E-state index contributed by atoms with van der Waals surface area (Å²) in [5.41, 5.74) is 0.145. The van der Waals surface area contributed by atoms with Gasteiger partial charge >= 0.3 is 6.18 Å². The smallest absolute Gasteiger partial charge is 0.418 e. The topological polar surface area (TPSA) is 42.1 Å². The highest BCUT2D eigenvalue weighted by molar-refractivity contribution is 6.06. The first-order valence-corrected chi connectivity index (χ1v) is 7.36. The van der Waals surface area contributed by atoms with Crippen LogP contribution in [0.5, 0.6) is 5.75 Å².